The van der Waals surface area contributed by atoms with E-state index in [4.69, 9.17) is 11.6 Å². The molecule has 1 saturated carbocycles. The molecule has 3 rings (SSSR count). The summed E-state index contributed by atoms with van der Waals surface area (Å²) in [4.78, 5) is 14.8. The Bertz CT molecular complexity index is 991. The topological polar surface area (TPSA) is 57.7 Å². The molecule has 0 bridgehead atoms. The number of sulfonamides is 1. The van der Waals surface area contributed by atoms with Crippen LogP contribution >= 0.6 is 11.6 Å². The van der Waals surface area contributed by atoms with Crippen LogP contribution in [0.2, 0.25) is 5.02 Å². The van der Waals surface area contributed by atoms with Gasteiger partial charge in [-0.25, -0.2) is 12.8 Å². The minimum Gasteiger partial charge on any atom is -0.338 e. The minimum absolute atomic E-state index is 0.0417. The highest BCUT2D eigenvalue weighted by Crippen LogP contribution is 2.31. The second-order valence-corrected chi connectivity index (χ2v) is 9.66. The monoisotopic (exact) mass is 438 g/mol. The summed E-state index contributed by atoms with van der Waals surface area (Å²) < 4.78 is 40.3. The van der Waals surface area contributed by atoms with Gasteiger partial charge in [0.05, 0.1) is 21.2 Å². The van der Waals surface area contributed by atoms with E-state index in [2.05, 4.69) is 0 Å². The molecule has 0 aromatic heterocycles. The lowest BCUT2D eigenvalue weighted by molar-refractivity contribution is 0.0747. The first-order chi connectivity index (χ1) is 13.7. The van der Waals surface area contributed by atoms with Crippen LogP contribution in [-0.2, 0) is 10.0 Å². The Kier molecular flexibility index (Phi) is 6.49. The summed E-state index contributed by atoms with van der Waals surface area (Å²) in [6.07, 6.45) is 3.03. The third kappa shape index (κ3) is 4.90. The Hall–Kier alpha value is -2.12. The number of carbonyl (C=O) groups excluding carboxylic acids is 1. The number of rotatable bonds is 8. The van der Waals surface area contributed by atoms with Crippen LogP contribution in [0.1, 0.15) is 36.5 Å². The molecule has 0 aliphatic heterocycles. The van der Waals surface area contributed by atoms with Crippen molar-refractivity contribution >= 4 is 33.2 Å². The fraction of sp³-hybridized carbons (Fsp3) is 0.381. The SMILES string of the molecule is CCCN(CC1CC1)C(=O)c1cc(S(=O)(=O)N(C)c2ccc(F)cc2)ccc1Cl. The molecule has 2 aromatic rings. The third-order valence-electron chi connectivity index (χ3n) is 4.97. The molecule has 29 heavy (non-hydrogen) atoms. The lowest BCUT2D eigenvalue weighted by Crippen LogP contribution is -2.34. The molecular weight excluding hydrogens is 415 g/mol. The highest BCUT2D eigenvalue weighted by atomic mass is 35.5. The van der Waals surface area contributed by atoms with Crippen molar-refractivity contribution in [3.8, 4) is 0 Å². The maximum atomic E-state index is 13.2. The second kappa shape index (κ2) is 8.71. The van der Waals surface area contributed by atoms with E-state index >= 15 is 0 Å². The molecule has 0 N–H and O–H groups in total. The van der Waals surface area contributed by atoms with Crippen LogP contribution in [-0.4, -0.2) is 39.4 Å². The minimum atomic E-state index is -3.94. The average Bonchev–Trinajstić information content (AvgIpc) is 3.51. The largest absolute Gasteiger partial charge is 0.338 e. The van der Waals surface area contributed by atoms with Crippen molar-refractivity contribution in [2.45, 2.75) is 31.1 Å². The first kappa shape index (κ1) is 21.6. The average molecular weight is 439 g/mol. The zero-order valence-electron chi connectivity index (χ0n) is 16.4. The van der Waals surface area contributed by atoms with Crippen molar-refractivity contribution in [3.63, 3.8) is 0 Å². The normalized spacial score (nSPS) is 13.9. The fourth-order valence-electron chi connectivity index (χ4n) is 3.10. The smallest absolute Gasteiger partial charge is 0.264 e. The van der Waals surface area contributed by atoms with Crippen LogP contribution in [0.3, 0.4) is 0 Å². The van der Waals surface area contributed by atoms with Gasteiger partial charge in [0.25, 0.3) is 15.9 Å². The van der Waals surface area contributed by atoms with Gasteiger partial charge in [-0.1, -0.05) is 18.5 Å². The molecule has 8 heteroatoms. The van der Waals surface area contributed by atoms with Gasteiger partial charge < -0.3 is 4.90 Å². The van der Waals surface area contributed by atoms with Gasteiger partial charge in [0, 0.05) is 20.1 Å². The van der Waals surface area contributed by atoms with Crippen molar-refractivity contribution < 1.29 is 17.6 Å². The van der Waals surface area contributed by atoms with Crippen LogP contribution in [0.15, 0.2) is 47.4 Å². The number of hydrogen-bond acceptors (Lipinski definition) is 3. The van der Waals surface area contributed by atoms with E-state index < -0.39 is 15.8 Å². The number of nitrogens with zero attached hydrogens (tertiary/aromatic N) is 2. The molecule has 156 valence electrons. The summed E-state index contributed by atoms with van der Waals surface area (Å²) in [5.41, 5.74) is 0.491. The van der Waals surface area contributed by atoms with Crippen molar-refractivity contribution in [2.24, 2.45) is 5.92 Å². The Labute approximate surface area is 176 Å². The van der Waals surface area contributed by atoms with Gasteiger partial charge in [-0.3, -0.25) is 9.10 Å². The lowest BCUT2D eigenvalue weighted by atomic mass is 10.2. The molecule has 5 nitrogen and oxygen atoms in total. The molecule has 1 aliphatic rings. The van der Waals surface area contributed by atoms with E-state index in [1.54, 1.807) is 4.90 Å². The second-order valence-electron chi connectivity index (χ2n) is 7.29. The van der Waals surface area contributed by atoms with Crippen molar-refractivity contribution in [1.82, 2.24) is 4.90 Å². The predicted molar refractivity (Wildman–Crippen MR) is 112 cm³/mol. The zero-order chi connectivity index (χ0) is 21.2. The van der Waals surface area contributed by atoms with Crippen LogP contribution < -0.4 is 4.31 Å². The highest BCUT2D eigenvalue weighted by Gasteiger charge is 2.29. The van der Waals surface area contributed by atoms with Crippen LogP contribution in [0.25, 0.3) is 0 Å². The van der Waals surface area contributed by atoms with Crippen LogP contribution in [0, 0.1) is 11.7 Å². The Morgan fingerprint density at radius 3 is 2.41 bits per heavy atom. The van der Waals surface area contributed by atoms with E-state index in [0.717, 1.165) is 23.6 Å². The molecule has 0 spiro atoms. The van der Waals surface area contributed by atoms with Gasteiger partial charge in [-0.2, -0.15) is 0 Å². The van der Waals surface area contributed by atoms with E-state index in [1.165, 1.54) is 49.5 Å². The van der Waals surface area contributed by atoms with E-state index in [1.807, 2.05) is 6.92 Å². The maximum Gasteiger partial charge on any atom is 0.264 e. The molecule has 1 aliphatic carbocycles. The molecular formula is C21H24ClFN2O3S. The molecule has 1 amide bonds. The Balaban J connectivity index is 1.92. The fourth-order valence-corrected chi connectivity index (χ4v) is 4.53. The first-order valence-corrected chi connectivity index (χ1v) is 11.4. The number of anilines is 1. The summed E-state index contributed by atoms with van der Waals surface area (Å²) in [5, 5.41) is 0.218. The molecule has 0 radical (unpaired) electrons. The zero-order valence-corrected chi connectivity index (χ0v) is 18.0. The van der Waals surface area contributed by atoms with Gasteiger partial charge in [0.2, 0.25) is 0 Å². The molecule has 2 aromatic carbocycles. The van der Waals surface area contributed by atoms with Crippen molar-refractivity contribution in [1.29, 1.82) is 0 Å². The standard InChI is InChI=1S/C21H24ClFN2O3S/c1-3-12-25(14-15-4-5-15)21(26)19-13-18(10-11-20(19)22)29(27,28)24(2)17-8-6-16(23)7-9-17/h6-11,13,15H,3-5,12,14H2,1-2H3. The highest BCUT2D eigenvalue weighted by molar-refractivity contribution is 7.92. The van der Waals surface area contributed by atoms with E-state index in [9.17, 15) is 17.6 Å². The van der Waals surface area contributed by atoms with Gasteiger partial charge in [-0.05, 0) is 67.6 Å². The summed E-state index contributed by atoms with van der Waals surface area (Å²) in [7, 11) is -2.56. The van der Waals surface area contributed by atoms with E-state index in [-0.39, 0.29) is 21.4 Å². The lowest BCUT2D eigenvalue weighted by Gasteiger charge is -2.24. The van der Waals surface area contributed by atoms with Crippen molar-refractivity contribution in [2.75, 3.05) is 24.4 Å². The quantitative estimate of drug-likeness (QED) is 0.606. The van der Waals surface area contributed by atoms with Gasteiger partial charge in [0.15, 0.2) is 0 Å². The van der Waals surface area contributed by atoms with E-state index in [0.29, 0.717) is 24.7 Å². The molecule has 0 heterocycles. The summed E-state index contributed by atoms with van der Waals surface area (Å²) in [6, 6.07) is 9.29. The van der Waals surface area contributed by atoms with Gasteiger partial charge >= 0.3 is 0 Å². The Morgan fingerprint density at radius 1 is 1.17 bits per heavy atom. The number of amides is 1. The van der Waals surface area contributed by atoms with Crippen LogP contribution in [0.5, 0.6) is 0 Å². The number of carbonyl (C=O) groups is 1. The molecule has 0 atom stereocenters. The predicted octanol–water partition coefficient (Wildman–Crippen LogP) is 4.57. The Morgan fingerprint density at radius 2 is 1.83 bits per heavy atom. The number of benzene rings is 2. The first-order valence-electron chi connectivity index (χ1n) is 9.57. The van der Waals surface area contributed by atoms with Gasteiger partial charge in [0.1, 0.15) is 5.82 Å². The third-order valence-corrected chi connectivity index (χ3v) is 7.08. The number of halogens is 2. The molecule has 0 unspecified atom stereocenters. The maximum absolute atomic E-state index is 13.2. The van der Waals surface area contributed by atoms with Crippen LogP contribution in [0.4, 0.5) is 10.1 Å². The molecule has 0 saturated heterocycles. The number of hydrogen-bond donors (Lipinski definition) is 0. The summed E-state index contributed by atoms with van der Waals surface area (Å²) in [6.45, 7) is 3.25. The summed E-state index contributed by atoms with van der Waals surface area (Å²) >= 11 is 6.25. The summed E-state index contributed by atoms with van der Waals surface area (Å²) in [5.74, 6) is -0.198. The van der Waals surface area contributed by atoms with Gasteiger partial charge in [-0.15, -0.1) is 0 Å². The van der Waals surface area contributed by atoms with Crippen molar-refractivity contribution in [3.05, 3.63) is 58.9 Å². The molecule has 1 fully saturated rings.